The first-order valence-corrected chi connectivity index (χ1v) is 5.73. The van der Waals surface area contributed by atoms with E-state index in [0.717, 1.165) is 52.1 Å². The van der Waals surface area contributed by atoms with Crippen LogP contribution < -0.4 is 22.1 Å². The number of hydrogen-bond acceptors (Lipinski definition) is 4. The Kier molecular flexibility index (Phi) is 28.2. The summed E-state index contributed by atoms with van der Waals surface area (Å²) in [5.74, 6) is 0. The van der Waals surface area contributed by atoms with Crippen LogP contribution in [0.1, 0.15) is 25.7 Å². The van der Waals surface area contributed by atoms with Gasteiger partial charge < -0.3 is 22.1 Å². The molecule has 0 bridgehead atoms. The molecule has 0 fully saturated rings. The highest BCUT2D eigenvalue weighted by atomic mass is 35.5. The fourth-order valence-electron chi connectivity index (χ4n) is 1.20. The third-order valence-electron chi connectivity index (χ3n) is 2.07. The van der Waals surface area contributed by atoms with Crippen molar-refractivity contribution in [3.05, 3.63) is 0 Å². The fraction of sp³-hybridized carbons (Fsp3) is 1.00. The van der Waals surface area contributed by atoms with E-state index in [9.17, 15) is 0 Å². The van der Waals surface area contributed by atoms with Gasteiger partial charge in [-0.3, -0.25) is 0 Å². The van der Waals surface area contributed by atoms with Gasteiger partial charge in [-0.15, -0.1) is 24.8 Å². The molecule has 0 heterocycles. The lowest BCUT2D eigenvalue weighted by Gasteiger charge is -2.04. The largest absolute Gasteiger partial charge is 0.330 e. The standard InChI is InChI=1S/C10H26N4.2ClH/c11-5-3-9-13-7-1-2-8-14-10-4-6-12;;/h13-14H,1-12H2;2*1H. The predicted molar refractivity (Wildman–Crippen MR) is 76.8 cm³/mol. The molecule has 0 atom stereocenters. The van der Waals surface area contributed by atoms with Crippen molar-refractivity contribution in [2.45, 2.75) is 25.7 Å². The Balaban J connectivity index is -0.000000845. The molecule has 0 rings (SSSR count). The lowest BCUT2D eigenvalue weighted by atomic mass is 10.3. The third kappa shape index (κ3) is 19.9. The minimum atomic E-state index is 0. The molecule has 0 aromatic heterocycles. The number of halogens is 2. The molecule has 0 spiro atoms. The molecule has 16 heavy (non-hydrogen) atoms. The van der Waals surface area contributed by atoms with Crippen molar-refractivity contribution < 1.29 is 0 Å². The summed E-state index contributed by atoms with van der Waals surface area (Å²) in [4.78, 5) is 0. The Morgan fingerprint density at radius 3 is 1.19 bits per heavy atom. The lowest BCUT2D eigenvalue weighted by molar-refractivity contribution is 0.570. The van der Waals surface area contributed by atoms with Gasteiger partial charge in [0.05, 0.1) is 0 Å². The minimum Gasteiger partial charge on any atom is -0.330 e. The summed E-state index contributed by atoms with van der Waals surface area (Å²) in [7, 11) is 0. The summed E-state index contributed by atoms with van der Waals surface area (Å²) in [6.45, 7) is 5.90. The van der Waals surface area contributed by atoms with E-state index in [1.165, 1.54) is 12.8 Å². The quantitative estimate of drug-likeness (QED) is 0.414. The zero-order valence-corrected chi connectivity index (χ0v) is 11.7. The van der Waals surface area contributed by atoms with E-state index >= 15 is 0 Å². The molecule has 6 heteroatoms. The summed E-state index contributed by atoms with van der Waals surface area (Å²) in [5.41, 5.74) is 10.8. The zero-order valence-electron chi connectivity index (χ0n) is 10.0. The van der Waals surface area contributed by atoms with Gasteiger partial charge in [0, 0.05) is 0 Å². The first-order chi connectivity index (χ1) is 6.91. The molecule has 0 saturated heterocycles. The highest BCUT2D eigenvalue weighted by Gasteiger charge is 1.89. The van der Waals surface area contributed by atoms with Gasteiger partial charge in [-0.25, -0.2) is 0 Å². The summed E-state index contributed by atoms with van der Waals surface area (Å²) >= 11 is 0. The van der Waals surface area contributed by atoms with Crippen molar-refractivity contribution in [3.63, 3.8) is 0 Å². The summed E-state index contributed by atoms with van der Waals surface area (Å²) in [5, 5.41) is 6.72. The lowest BCUT2D eigenvalue weighted by Crippen LogP contribution is -2.22. The molecule has 0 unspecified atom stereocenters. The molecular formula is C10H28Cl2N4. The van der Waals surface area contributed by atoms with Gasteiger partial charge in [-0.05, 0) is 65.0 Å². The number of hydrogen-bond donors (Lipinski definition) is 4. The molecule has 6 N–H and O–H groups in total. The van der Waals surface area contributed by atoms with Crippen LogP contribution in [0.15, 0.2) is 0 Å². The molecule has 0 radical (unpaired) electrons. The molecule has 0 aliphatic heterocycles. The maximum atomic E-state index is 5.38. The molecule has 0 aromatic rings. The van der Waals surface area contributed by atoms with Gasteiger partial charge in [-0.1, -0.05) is 0 Å². The Morgan fingerprint density at radius 1 is 0.562 bits per heavy atom. The molecule has 0 aromatic carbocycles. The Labute approximate surface area is 112 Å². The topological polar surface area (TPSA) is 76.1 Å². The Hall–Kier alpha value is 0.420. The van der Waals surface area contributed by atoms with E-state index < -0.39 is 0 Å². The van der Waals surface area contributed by atoms with Gasteiger partial charge in [0.2, 0.25) is 0 Å². The Morgan fingerprint density at radius 2 is 0.875 bits per heavy atom. The van der Waals surface area contributed by atoms with E-state index in [-0.39, 0.29) is 24.8 Å². The van der Waals surface area contributed by atoms with Gasteiger partial charge in [0.15, 0.2) is 0 Å². The van der Waals surface area contributed by atoms with Crippen LogP contribution in [0, 0.1) is 0 Å². The highest BCUT2D eigenvalue weighted by molar-refractivity contribution is 5.85. The van der Waals surface area contributed by atoms with E-state index in [2.05, 4.69) is 10.6 Å². The van der Waals surface area contributed by atoms with Crippen molar-refractivity contribution in [1.29, 1.82) is 0 Å². The predicted octanol–water partition coefficient (Wildman–Crippen LogP) is 0.487. The molecule has 0 aliphatic carbocycles. The first-order valence-electron chi connectivity index (χ1n) is 5.73. The van der Waals surface area contributed by atoms with E-state index in [1.54, 1.807) is 0 Å². The second kappa shape index (κ2) is 20.8. The van der Waals surface area contributed by atoms with Gasteiger partial charge in [0.25, 0.3) is 0 Å². The number of nitrogens with two attached hydrogens (primary N) is 2. The zero-order chi connectivity index (χ0) is 10.5. The molecular weight excluding hydrogens is 247 g/mol. The van der Waals surface area contributed by atoms with Crippen LogP contribution in [0.5, 0.6) is 0 Å². The van der Waals surface area contributed by atoms with Crippen LogP contribution >= 0.6 is 24.8 Å². The van der Waals surface area contributed by atoms with Crippen molar-refractivity contribution >= 4 is 24.8 Å². The SMILES string of the molecule is Cl.Cl.NCCCNCCCCNCCCN. The summed E-state index contributed by atoms with van der Waals surface area (Å²) in [6, 6.07) is 0. The maximum Gasteiger partial charge on any atom is -0.00369 e. The minimum absolute atomic E-state index is 0. The summed E-state index contributed by atoms with van der Waals surface area (Å²) < 4.78 is 0. The van der Waals surface area contributed by atoms with E-state index in [0.29, 0.717) is 0 Å². The van der Waals surface area contributed by atoms with Gasteiger partial charge >= 0.3 is 0 Å². The van der Waals surface area contributed by atoms with Crippen molar-refractivity contribution in [3.8, 4) is 0 Å². The van der Waals surface area contributed by atoms with Crippen molar-refractivity contribution in [1.82, 2.24) is 10.6 Å². The van der Waals surface area contributed by atoms with Crippen LogP contribution in [0.25, 0.3) is 0 Å². The van der Waals surface area contributed by atoms with Crippen LogP contribution in [0.4, 0.5) is 0 Å². The van der Waals surface area contributed by atoms with Crippen LogP contribution in [0.2, 0.25) is 0 Å². The monoisotopic (exact) mass is 274 g/mol. The molecule has 0 aliphatic rings. The number of rotatable bonds is 11. The van der Waals surface area contributed by atoms with Crippen LogP contribution in [-0.2, 0) is 0 Å². The molecule has 4 nitrogen and oxygen atoms in total. The molecule has 102 valence electrons. The van der Waals surface area contributed by atoms with Crippen LogP contribution in [-0.4, -0.2) is 39.3 Å². The fourth-order valence-corrected chi connectivity index (χ4v) is 1.20. The summed E-state index contributed by atoms with van der Waals surface area (Å²) in [6.07, 6.45) is 4.63. The Bertz CT molecular complexity index is 94.8. The van der Waals surface area contributed by atoms with Crippen molar-refractivity contribution in [2.24, 2.45) is 11.5 Å². The first kappa shape index (κ1) is 21.7. The van der Waals surface area contributed by atoms with Gasteiger partial charge in [0.1, 0.15) is 0 Å². The second-order valence-corrected chi connectivity index (χ2v) is 3.49. The second-order valence-electron chi connectivity index (χ2n) is 3.49. The van der Waals surface area contributed by atoms with E-state index in [4.69, 9.17) is 11.5 Å². The third-order valence-corrected chi connectivity index (χ3v) is 2.07. The van der Waals surface area contributed by atoms with Crippen LogP contribution in [0.3, 0.4) is 0 Å². The van der Waals surface area contributed by atoms with E-state index in [1.807, 2.05) is 0 Å². The highest BCUT2D eigenvalue weighted by Crippen LogP contribution is 1.84. The molecule has 0 amide bonds. The number of nitrogens with one attached hydrogen (secondary N) is 2. The smallest absolute Gasteiger partial charge is 0.00369 e. The van der Waals surface area contributed by atoms with Crippen molar-refractivity contribution in [2.75, 3.05) is 39.3 Å². The average Bonchev–Trinajstić information content (AvgIpc) is 2.21. The average molecular weight is 275 g/mol. The maximum absolute atomic E-state index is 5.38. The normalized spacial score (nSPS) is 9.38. The number of unbranched alkanes of at least 4 members (excludes halogenated alkanes) is 1. The van der Waals surface area contributed by atoms with Gasteiger partial charge in [-0.2, -0.15) is 0 Å². The molecule has 0 saturated carbocycles.